The highest BCUT2D eigenvalue weighted by Gasteiger charge is 2.01. The summed E-state index contributed by atoms with van der Waals surface area (Å²) in [7, 11) is 0. The van der Waals surface area contributed by atoms with Crippen LogP contribution in [0.25, 0.3) is 0 Å². The molecule has 0 aliphatic heterocycles. The minimum atomic E-state index is 0.170. The van der Waals surface area contributed by atoms with Crippen LogP contribution in [-0.2, 0) is 4.79 Å². The van der Waals surface area contributed by atoms with Gasteiger partial charge in [0.05, 0.1) is 0 Å². The van der Waals surface area contributed by atoms with E-state index in [9.17, 15) is 4.79 Å². The van der Waals surface area contributed by atoms with Gasteiger partial charge in [0, 0.05) is 18.8 Å². The molecule has 2 nitrogen and oxygen atoms in total. The molecule has 0 radical (unpaired) electrons. The molecule has 3 heteroatoms. The predicted octanol–water partition coefficient (Wildman–Crippen LogP) is 2.56. The molecule has 0 atom stereocenters. The van der Waals surface area contributed by atoms with Gasteiger partial charge in [0.15, 0.2) is 0 Å². The van der Waals surface area contributed by atoms with E-state index >= 15 is 0 Å². The molecule has 0 aliphatic carbocycles. The summed E-state index contributed by atoms with van der Waals surface area (Å²) in [5.74, 6) is 1.46. The summed E-state index contributed by atoms with van der Waals surface area (Å²) in [6, 6.07) is 0. The van der Waals surface area contributed by atoms with Crippen molar-refractivity contribution in [1.82, 2.24) is 5.32 Å². The maximum absolute atomic E-state index is 11.2. The van der Waals surface area contributed by atoms with E-state index in [0.29, 0.717) is 18.2 Å². The Morgan fingerprint density at radius 1 is 1.38 bits per heavy atom. The average molecular weight is 206 g/mol. The minimum Gasteiger partial charge on any atom is -0.356 e. The lowest BCUT2D eigenvalue weighted by Crippen LogP contribution is -2.24. The fourth-order valence-corrected chi connectivity index (χ4v) is 1.14. The first-order valence-corrected chi connectivity index (χ1v) is 5.53. The lowest BCUT2D eigenvalue weighted by Gasteiger charge is -2.05. The molecule has 1 N–H and O–H groups in total. The van der Waals surface area contributed by atoms with Gasteiger partial charge in [0.2, 0.25) is 5.91 Å². The largest absolute Gasteiger partial charge is 0.356 e. The number of unbranched alkanes of at least 4 members (excludes halogenated alkanes) is 1. The van der Waals surface area contributed by atoms with E-state index in [1.54, 1.807) is 0 Å². The molecule has 78 valence electrons. The maximum atomic E-state index is 11.2. The second-order valence-electron chi connectivity index (χ2n) is 3.68. The summed E-state index contributed by atoms with van der Waals surface area (Å²) in [5.41, 5.74) is 0. The number of alkyl halides is 1. The van der Waals surface area contributed by atoms with Crippen molar-refractivity contribution in [3.63, 3.8) is 0 Å². The van der Waals surface area contributed by atoms with Crippen LogP contribution in [-0.4, -0.2) is 18.3 Å². The molecule has 0 aliphatic rings. The second kappa shape index (κ2) is 8.36. The zero-order valence-corrected chi connectivity index (χ0v) is 9.36. The van der Waals surface area contributed by atoms with E-state index in [-0.39, 0.29) is 5.91 Å². The summed E-state index contributed by atoms with van der Waals surface area (Å²) in [6.45, 7) is 5.02. The first-order valence-electron chi connectivity index (χ1n) is 4.99. The maximum Gasteiger partial charge on any atom is 0.220 e. The third kappa shape index (κ3) is 9.68. The van der Waals surface area contributed by atoms with Gasteiger partial charge in [0.1, 0.15) is 0 Å². The van der Waals surface area contributed by atoms with Crippen molar-refractivity contribution in [3.05, 3.63) is 0 Å². The fourth-order valence-electron chi connectivity index (χ4n) is 0.955. The molecule has 0 unspecified atom stereocenters. The van der Waals surface area contributed by atoms with Crippen molar-refractivity contribution >= 4 is 17.5 Å². The van der Waals surface area contributed by atoms with Gasteiger partial charge < -0.3 is 5.32 Å². The molecule has 0 saturated heterocycles. The number of halogens is 1. The smallest absolute Gasteiger partial charge is 0.220 e. The van der Waals surface area contributed by atoms with Crippen LogP contribution in [0.1, 0.15) is 39.5 Å². The van der Waals surface area contributed by atoms with Gasteiger partial charge in [-0.25, -0.2) is 0 Å². The second-order valence-corrected chi connectivity index (χ2v) is 4.06. The van der Waals surface area contributed by atoms with Gasteiger partial charge >= 0.3 is 0 Å². The van der Waals surface area contributed by atoms with Gasteiger partial charge in [-0.3, -0.25) is 4.79 Å². The first kappa shape index (κ1) is 12.8. The van der Waals surface area contributed by atoms with E-state index in [1.165, 1.54) is 0 Å². The molecule has 0 spiro atoms. The van der Waals surface area contributed by atoms with Crippen LogP contribution in [0.2, 0.25) is 0 Å². The van der Waals surface area contributed by atoms with Crippen LogP contribution in [0, 0.1) is 5.92 Å². The summed E-state index contributed by atoms with van der Waals surface area (Å²) in [6.07, 6.45) is 3.59. The standard InChI is InChI=1S/C10H20ClNO/c1-9(2)5-6-10(13)12-8-4-3-7-11/h9H,3-8H2,1-2H3,(H,12,13). The van der Waals surface area contributed by atoms with Crippen molar-refractivity contribution in [2.45, 2.75) is 39.5 Å². The van der Waals surface area contributed by atoms with Crippen molar-refractivity contribution in [3.8, 4) is 0 Å². The monoisotopic (exact) mass is 205 g/mol. The number of carbonyl (C=O) groups excluding carboxylic acids is 1. The van der Waals surface area contributed by atoms with Crippen LogP contribution >= 0.6 is 11.6 Å². The Morgan fingerprint density at radius 3 is 2.62 bits per heavy atom. The zero-order valence-electron chi connectivity index (χ0n) is 8.61. The Bertz CT molecular complexity index is 137. The van der Waals surface area contributed by atoms with E-state index in [1.807, 2.05) is 0 Å². The van der Waals surface area contributed by atoms with Gasteiger partial charge in [0.25, 0.3) is 0 Å². The van der Waals surface area contributed by atoms with Crippen molar-refractivity contribution < 1.29 is 4.79 Å². The molecule has 0 heterocycles. The Hall–Kier alpha value is -0.240. The van der Waals surface area contributed by atoms with E-state index in [2.05, 4.69) is 19.2 Å². The Balaban J connectivity index is 3.20. The lowest BCUT2D eigenvalue weighted by molar-refractivity contribution is -0.121. The Labute approximate surface area is 86.0 Å². The average Bonchev–Trinajstić information content (AvgIpc) is 2.09. The highest BCUT2D eigenvalue weighted by Crippen LogP contribution is 2.02. The zero-order chi connectivity index (χ0) is 10.1. The SMILES string of the molecule is CC(C)CCC(=O)NCCCCCl. The molecule has 0 aromatic heterocycles. The number of rotatable bonds is 7. The number of hydrogen-bond acceptors (Lipinski definition) is 1. The third-order valence-electron chi connectivity index (χ3n) is 1.83. The van der Waals surface area contributed by atoms with E-state index in [4.69, 9.17) is 11.6 Å². The van der Waals surface area contributed by atoms with Crippen LogP contribution < -0.4 is 5.32 Å². The number of nitrogens with one attached hydrogen (secondary N) is 1. The minimum absolute atomic E-state index is 0.170. The molecule has 0 fully saturated rings. The molecule has 0 bridgehead atoms. The van der Waals surface area contributed by atoms with Crippen LogP contribution in [0.3, 0.4) is 0 Å². The third-order valence-corrected chi connectivity index (χ3v) is 2.10. The van der Waals surface area contributed by atoms with Gasteiger partial charge in [-0.05, 0) is 25.2 Å². The highest BCUT2D eigenvalue weighted by atomic mass is 35.5. The van der Waals surface area contributed by atoms with Crippen LogP contribution in [0.4, 0.5) is 0 Å². The number of amides is 1. The normalized spacial score (nSPS) is 10.5. The summed E-state index contributed by atoms with van der Waals surface area (Å²) < 4.78 is 0. The van der Waals surface area contributed by atoms with Crippen molar-refractivity contribution in [2.24, 2.45) is 5.92 Å². The first-order chi connectivity index (χ1) is 6.16. The number of carbonyl (C=O) groups is 1. The summed E-state index contributed by atoms with van der Waals surface area (Å²) in [5, 5.41) is 2.88. The van der Waals surface area contributed by atoms with Gasteiger partial charge in [-0.15, -0.1) is 11.6 Å². The lowest BCUT2D eigenvalue weighted by atomic mass is 10.1. The molecule has 1 amide bonds. The van der Waals surface area contributed by atoms with Crippen LogP contribution in [0.5, 0.6) is 0 Å². The Kier molecular flexibility index (Phi) is 8.21. The predicted molar refractivity (Wildman–Crippen MR) is 57.0 cm³/mol. The summed E-state index contributed by atoms with van der Waals surface area (Å²) >= 11 is 5.51. The molecule has 0 aromatic rings. The van der Waals surface area contributed by atoms with Crippen molar-refractivity contribution in [2.75, 3.05) is 12.4 Å². The molecular weight excluding hydrogens is 186 g/mol. The van der Waals surface area contributed by atoms with Crippen LogP contribution in [0.15, 0.2) is 0 Å². The van der Waals surface area contributed by atoms with E-state index < -0.39 is 0 Å². The van der Waals surface area contributed by atoms with Gasteiger partial charge in [-0.1, -0.05) is 13.8 Å². The van der Waals surface area contributed by atoms with Gasteiger partial charge in [-0.2, -0.15) is 0 Å². The molecule has 0 saturated carbocycles. The number of hydrogen-bond donors (Lipinski definition) is 1. The Morgan fingerprint density at radius 2 is 2.08 bits per heavy atom. The molecule has 0 aromatic carbocycles. The highest BCUT2D eigenvalue weighted by molar-refractivity contribution is 6.17. The molecular formula is C10H20ClNO. The topological polar surface area (TPSA) is 29.1 Å². The molecule has 0 rings (SSSR count). The molecule has 13 heavy (non-hydrogen) atoms. The van der Waals surface area contributed by atoms with Crippen molar-refractivity contribution in [1.29, 1.82) is 0 Å². The van der Waals surface area contributed by atoms with E-state index in [0.717, 1.165) is 25.8 Å². The summed E-state index contributed by atoms with van der Waals surface area (Å²) in [4.78, 5) is 11.2. The fraction of sp³-hybridized carbons (Fsp3) is 0.900. The quantitative estimate of drug-likeness (QED) is 0.503.